The quantitative estimate of drug-likeness (QED) is 0.779. The van der Waals surface area contributed by atoms with E-state index in [4.69, 9.17) is 14.2 Å². The molecular formula is C13H23NO4. The minimum atomic E-state index is -0.455. The maximum absolute atomic E-state index is 11.7. The third-order valence-electron chi connectivity index (χ3n) is 3.28. The number of carbonyl (C=O) groups excluding carboxylic acids is 1. The fourth-order valence-corrected chi connectivity index (χ4v) is 2.49. The molecule has 2 rings (SSSR count). The van der Waals surface area contributed by atoms with Gasteiger partial charge >= 0.3 is 6.09 Å². The highest BCUT2D eigenvalue weighted by molar-refractivity contribution is 5.68. The third-order valence-corrected chi connectivity index (χ3v) is 3.28. The molecule has 2 fully saturated rings. The summed E-state index contributed by atoms with van der Waals surface area (Å²) in [6.45, 7) is 7.65. The van der Waals surface area contributed by atoms with Crippen LogP contribution >= 0.6 is 0 Å². The van der Waals surface area contributed by atoms with E-state index in [1.165, 1.54) is 0 Å². The Morgan fingerprint density at radius 2 is 2.17 bits per heavy atom. The fourth-order valence-electron chi connectivity index (χ4n) is 2.49. The molecule has 2 heterocycles. The molecule has 0 aliphatic carbocycles. The number of hydrogen-bond donors (Lipinski definition) is 1. The Morgan fingerprint density at radius 3 is 2.78 bits per heavy atom. The maximum atomic E-state index is 11.7. The van der Waals surface area contributed by atoms with Crippen LogP contribution in [0.4, 0.5) is 4.79 Å². The van der Waals surface area contributed by atoms with E-state index in [2.05, 4.69) is 5.32 Å². The second kappa shape index (κ2) is 5.05. The SMILES string of the molecule is CC(C)(C)OC(=O)N[C@@H]1CCO[C@]2(CCOC2)C1. The van der Waals surface area contributed by atoms with Gasteiger partial charge in [-0.2, -0.15) is 0 Å². The first-order valence-electron chi connectivity index (χ1n) is 6.60. The largest absolute Gasteiger partial charge is 0.444 e. The lowest BCUT2D eigenvalue weighted by Crippen LogP contribution is -2.49. The van der Waals surface area contributed by atoms with Gasteiger partial charge in [0.25, 0.3) is 0 Å². The molecular weight excluding hydrogens is 234 g/mol. The van der Waals surface area contributed by atoms with E-state index in [0.717, 1.165) is 25.9 Å². The van der Waals surface area contributed by atoms with Crippen molar-refractivity contribution in [1.29, 1.82) is 0 Å². The predicted molar refractivity (Wildman–Crippen MR) is 66.5 cm³/mol. The molecule has 0 aromatic rings. The molecule has 0 aromatic carbocycles. The molecule has 2 saturated heterocycles. The van der Waals surface area contributed by atoms with Crippen LogP contribution in [0.1, 0.15) is 40.0 Å². The van der Waals surface area contributed by atoms with Crippen LogP contribution in [0.25, 0.3) is 0 Å². The van der Waals surface area contributed by atoms with Crippen LogP contribution in [-0.4, -0.2) is 43.2 Å². The highest BCUT2D eigenvalue weighted by Gasteiger charge is 2.41. The molecule has 5 heteroatoms. The zero-order valence-electron chi connectivity index (χ0n) is 11.5. The highest BCUT2D eigenvalue weighted by Crippen LogP contribution is 2.32. The lowest BCUT2D eigenvalue weighted by molar-refractivity contribution is -0.0892. The summed E-state index contributed by atoms with van der Waals surface area (Å²) in [5.41, 5.74) is -0.638. The predicted octanol–water partition coefficient (Wildman–Crippen LogP) is 1.85. The summed E-state index contributed by atoms with van der Waals surface area (Å²) in [6, 6.07) is 0.121. The van der Waals surface area contributed by atoms with Crippen LogP contribution in [0.15, 0.2) is 0 Å². The number of hydrogen-bond acceptors (Lipinski definition) is 4. The second-order valence-electron chi connectivity index (χ2n) is 6.17. The number of rotatable bonds is 1. The molecule has 5 nitrogen and oxygen atoms in total. The van der Waals surface area contributed by atoms with E-state index in [-0.39, 0.29) is 17.7 Å². The van der Waals surface area contributed by atoms with Crippen molar-refractivity contribution in [1.82, 2.24) is 5.32 Å². The highest BCUT2D eigenvalue weighted by atomic mass is 16.6. The molecule has 1 amide bonds. The Labute approximate surface area is 108 Å². The smallest absolute Gasteiger partial charge is 0.407 e. The molecule has 2 aliphatic heterocycles. The monoisotopic (exact) mass is 257 g/mol. The number of nitrogens with one attached hydrogen (secondary N) is 1. The molecule has 2 aliphatic rings. The standard InChI is InChI=1S/C13H23NO4/c1-12(2,3)18-11(15)14-10-4-6-17-13(8-10)5-7-16-9-13/h10H,4-9H2,1-3H3,(H,14,15)/t10-,13-/m1/s1. The van der Waals surface area contributed by atoms with Crippen LogP contribution in [0.5, 0.6) is 0 Å². The first-order valence-corrected chi connectivity index (χ1v) is 6.60. The van der Waals surface area contributed by atoms with Gasteiger partial charge in [0.05, 0.1) is 12.2 Å². The number of alkyl carbamates (subject to hydrolysis) is 1. The van der Waals surface area contributed by atoms with Crippen molar-refractivity contribution in [2.75, 3.05) is 19.8 Å². The number of ether oxygens (including phenoxy) is 3. The van der Waals surface area contributed by atoms with Gasteiger partial charge in [-0.1, -0.05) is 0 Å². The molecule has 0 saturated carbocycles. The molecule has 1 spiro atoms. The van der Waals surface area contributed by atoms with Gasteiger partial charge in [-0.15, -0.1) is 0 Å². The van der Waals surface area contributed by atoms with Crippen molar-refractivity contribution in [3.63, 3.8) is 0 Å². The Morgan fingerprint density at radius 1 is 1.39 bits per heavy atom. The Bertz CT molecular complexity index is 305. The van der Waals surface area contributed by atoms with Crippen molar-refractivity contribution in [3.05, 3.63) is 0 Å². The van der Waals surface area contributed by atoms with Gasteiger partial charge in [-0.3, -0.25) is 0 Å². The topological polar surface area (TPSA) is 56.8 Å². The summed E-state index contributed by atoms with van der Waals surface area (Å²) in [4.78, 5) is 11.7. The summed E-state index contributed by atoms with van der Waals surface area (Å²) in [5.74, 6) is 0. The first-order chi connectivity index (χ1) is 8.39. The molecule has 104 valence electrons. The van der Waals surface area contributed by atoms with Gasteiger partial charge in [-0.25, -0.2) is 4.79 Å². The van der Waals surface area contributed by atoms with Gasteiger partial charge in [0.1, 0.15) is 5.60 Å². The summed E-state index contributed by atoms with van der Waals surface area (Å²) in [7, 11) is 0. The van der Waals surface area contributed by atoms with E-state index in [1.807, 2.05) is 20.8 Å². The molecule has 0 unspecified atom stereocenters. The van der Waals surface area contributed by atoms with Crippen LogP contribution in [0.3, 0.4) is 0 Å². The van der Waals surface area contributed by atoms with Crippen molar-refractivity contribution in [2.24, 2.45) is 0 Å². The average molecular weight is 257 g/mol. The van der Waals surface area contributed by atoms with E-state index < -0.39 is 5.60 Å². The summed E-state index contributed by atoms with van der Waals surface area (Å²) >= 11 is 0. The first kappa shape index (κ1) is 13.6. The molecule has 2 atom stereocenters. The minimum absolute atomic E-state index is 0.121. The molecule has 0 bridgehead atoms. The van der Waals surface area contributed by atoms with Crippen molar-refractivity contribution in [3.8, 4) is 0 Å². The molecule has 0 radical (unpaired) electrons. The third kappa shape index (κ3) is 3.59. The Balaban J connectivity index is 1.84. The van der Waals surface area contributed by atoms with E-state index in [1.54, 1.807) is 0 Å². The normalized spacial score (nSPS) is 32.5. The fraction of sp³-hybridized carbons (Fsp3) is 0.923. The zero-order valence-corrected chi connectivity index (χ0v) is 11.5. The summed E-state index contributed by atoms with van der Waals surface area (Å²) in [6.07, 6.45) is 2.22. The van der Waals surface area contributed by atoms with Crippen LogP contribution in [0.2, 0.25) is 0 Å². The van der Waals surface area contributed by atoms with Gasteiger partial charge in [0, 0.05) is 25.7 Å². The lowest BCUT2D eigenvalue weighted by atomic mass is 9.90. The Hall–Kier alpha value is -0.810. The van der Waals surface area contributed by atoms with Crippen LogP contribution in [0, 0.1) is 0 Å². The van der Waals surface area contributed by atoms with Crippen LogP contribution in [-0.2, 0) is 14.2 Å². The summed E-state index contributed by atoms with van der Waals surface area (Å²) < 4.78 is 16.5. The lowest BCUT2D eigenvalue weighted by Gasteiger charge is -2.37. The zero-order chi connectivity index (χ0) is 13.2. The van der Waals surface area contributed by atoms with Gasteiger partial charge < -0.3 is 19.5 Å². The minimum Gasteiger partial charge on any atom is -0.444 e. The van der Waals surface area contributed by atoms with E-state index in [9.17, 15) is 4.79 Å². The van der Waals surface area contributed by atoms with Gasteiger partial charge in [0.2, 0.25) is 0 Å². The average Bonchev–Trinajstić information content (AvgIpc) is 2.63. The second-order valence-corrected chi connectivity index (χ2v) is 6.17. The van der Waals surface area contributed by atoms with Gasteiger partial charge in [-0.05, 0) is 33.6 Å². The molecule has 1 N–H and O–H groups in total. The van der Waals surface area contributed by atoms with Crippen molar-refractivity contribution >= 4 is 6.09 Å². The Kier molecular flexibility index (Phi) is 3.82. The maximum Gasteiger partial charge on any atom is 0.407 e. The number of carbonyl (C=O) groups is 1. The van der Waals surface area contributed by atoms with Gasteiger partial charge in [0.15, 0.2) is 0 Å². The summed E-state index contributed by atoms with van der Waals surface area (Å²) in [5, 5.41) is 2.93. The van der Waals surface area contributed by atoms with Crippen molar-refractivity contribution < 1.29 is 19.0 Å². The van der Waals surface area contributed by atoms with E-state index in [0.29, 0.717) is 13.2 Å². The molecule has 18 heavy (non-hydrogen) atoms. The number of amides is 1. The van der Waals surface area contributed by atoms with Crippen molar-refractivity contribution in [2.45, 2.75) is 57.3 Å². The van der Waals surface area contributed by atoms with E-state index >= 15 is 0 Å². The molecule has 0 aromatic heterocycles. The van der Waals surface area contributed by atoms with Crippen LogP contribution < -0.4 is 5.32 Å².